The Balaban J connectivity index is 0. The maximum atomic E-state index is 9.60. The van der Waals surface area contributed by atoms with Gasteiger partial charge in [0.05, 0.1) is 0 Å². The predicted molar refractivity (Wildman–Crippen MR) is 65.7 cm³/mol. The smallest absolute Gasteiger partial charge is 0.330 e. The van der Waals surface area contributed by atoms with Gasteiger partial charge in [0.15, 0.2) is 0 Å². The topological polar surface area (TPSA) is 37.3 Å². The highest BCUT2D eigenvalue weighted by atomic mass is 28.3. The van der Waals surface area contributed by atoms with Crippen molar-refractivity contribution < 1.29 is 9.90 Å². The summed E-state index contributed by atoms with van der Waals surface area (Å²) in [6.45, 7) is 11.7. The maximum Gasteiger partial charge on any atom is 0.330 e. The fraction of sp³-hybridized carbons (Fsp3) is 0.727. The second-order valence-electron chi connectivity index (χ2n) is 3.98. The van der Waals surface area contributed by atoms with Crippen molar-refractivity contribution in [2.75, 3.05) is 0 Å². The van der Waals surface area contributed by atoms with Crippen LogP contribution in [0.2, 0.25) is 19.1 Å². The van der Waals surface area contributed by atoms with Crippen LogP contribution in [0.15, 0.2) is 12.2 Å². The predicted octanol–water partition coefficient (Wildman–Crippen LogP) is 3.31. The SMILES string of the molecule is C=C(C)C(=O)O.CCCCC[SiH](C)C. The zero-order valence-corrected chi connectivity index (χ0v) is 11.1. The summed E-state index contributed by atoms with van der Waals surface area (Å²) in [6, 6.07) is 1.55. The van der Waals surface area contributed by atoms with Gasteiger partial charge < -0.3 is 5.11 Å². The lowest BCUT2D eigenvalue weighted by Crippen LogP contribution is -1.97. The van der Waals surface area contributed by atoms with Gasteiger partial charge in [-0.2, -0.15) is 0 Å². The number of rotatable bonds is 5. The highest BCUT2D eigenvalue weighted by Crippen LogP contribution is 2.02. The Morgan fingerprint density at radius 2 is 1.79 bits per heavy atom. The summed E-state index contributed by atoms with van der Waals surface area (Å²) in [4.78, 5) is 9.60. The molecule has 0 amide bonds. The summed E-state index contributed by atoms with van der Waals surface area (Å²) in [5.41, 5.74) is 0.176. The van der Waals surface area contributed by atoms with Crippen molar-refractivity contribution in [2.24, 2.45) is 0 Å². The molecule has 0 unspecified atom stereocenters. The molecule has 0 radical (unpaired) electrons. The van der Waals surface area contributed by atoms with Crippen molar-refractivity contribution in [2.45, 2.75) is 52.2 Å². The van der Waals surface area contributed by atoms with Gasteiger partial charge in [0.2, 0.25) is 0 Å². The molecule has 0 rings (SSSR count). The minimum atomic E-state index is -0.935. The molecule has 0 aromatic rings. The Kier molecular flexibility index (Phi) is 11.9. The van der Waals surface area contributed by atoms with Gasteiger partial charge >= 0.3 is 5.97 Å². The molecule has 0 saturated carbocycles. The molecule has 0 bridgehead atoms. The number of hydrogen-bond donors (Lipinski definition) is 1. The molecule has 3 heteroatoms. The van der Waals surface area contributed by atoms with E-state index >= 15 is 0 Å². The minimum Gasteiger partial charge on any atom is -0.478 e. The third kappa shape index (κ3) is 17.5. The van der Waals surface area contributed by atoms with Gasteiger partial charge in [-0.25, -0.2) is 4.79 Å². The van der Waals surface area contributed by atoms with Crippen molar-refractivity contribution in [1.82, 2.24) is 0 Å². The van der Waals surface area contributed by atoms with E-state index in [2.05, 4.69) is 26.6 Å². The van der Waals surface area contributed by atoms with Gasteiger partial charge in [-0.3, -0.25) is 0 Å². The van der Waals surface area contributed by atoms with E-state index in [-0.39, 0.29) is 14.4 Å². The Hall–Kier alpha value is -0.573. The largest absolute Gasteiger partial charge is 0.478 e. The number of carboxylic acid groups (broad SMARTS) is 1. The molecule has 0 atom stereocenters. The van der Waals surface area contributed by atoms with Crippen molar-refractivity contribution in [3.05, 3.63) is 12.2 Å². The van der Waals surface area contributed by atoms with Crippen molar-refractivity contribution in [3.8, 4) is 0 Å². The number of carboxylic acids is 1. The van der Waals surface area contributed by atoms with Gasteiger partial charge in [-0.05, 0) is 6.92 Å². The fourth-order valence-corrected chi connectivity index (χ4v) is 1.91. The molecule has 0 aromatic heterocycles. The van der Waals surface area contributed by atoms with Crippen molar-refractivity contribution in [1.29, 1.82) is 0 Å². The first-order valence-electron chi connectivity index (χ1n) is 5.30. The third-order valence-corrected chi connectivity index (χ3v) is 3.31. The zero-order chi connectivity index (χ0) is 11.6. The highest BCUT2D eigenvalue weighted by molar-refractivity contribution is 6.55. The van der Waals surface area contributed by atoms with Crippen molar-refractivity contribution in [3.63, 3.8) is 0 Å². The van der Waals surface area contributed by atoms with Crippen LogP contribution in [0, 0.1) is 0 Å². The van der Waals surface area contributed by atoms with E-state index in [1.54, 1.807) is 6.04 Å². The molecule has 0 aromatic carbocycles. The quantitative estimate of drug-likeness (QED) is 0.435. The molecular formula is C11H24O2Si. The van der Waals surface area contributed by atoms with Crippen LogP contribution in [-0.4, -0.2) is 19.9 Å². The number of aliphatic carboxylic acids is 1. The van der Waals surface area contributed by atoms with Crippen LogP contribution < -0.4 is 0 Å². The molecule has 2 nitrogen and oxygen atoms in total. The Bertz CT molecular complexity index is 153. The zero-order valence-electron chi connectivity index (χ0n) is 9.97. The normalized spacial score (nSPS) is 9.21. The monoisotopic (exact) mass is 216 g/mol. The lowest BCUT2D eigenvalue weighted by atomic mass is 10.3. The molecule has 0 fully saturated rings. The molecule has 14 heavy (non-hydrogen) atoms. The summed E-state index contributed by atoms with van der Waals surface area (Å²) in [5, 5.41) is 7.89. The lowest BCUT2D eigenvalue weighted by Gasteiger charge is -1.99. The van der Waals surface area contributed by atoms with Crippen molar-refractivity contribution >= 4 is 14.8 Å². The van der Waals surface area contributed by atoms with Gasteiger partial charge in [-0.15, -0.1) is 0 Å². The summed E-state index contributed by atoms with van der Waals surface area (Å²) in [7, 11) is -0.202. The van der Waals surface area contributed by atoms with Crippen LogP contribution in [-0.2, 0) is 4.79 Å². The molecule has 0 saturated heterocycles. The molecule has 84 valence electrons. The Morgan fingerprint density at radius 3 is 2.00 bits per heavy atom. The second kappa shape index (κ2) is 10.5. The van der Waals surface area contributed by atoms with Crippen LogP contribution in [0.5, 0.6) is 0 Å². The lowest BCUT2D eigenvalue weighted by molar-refractivity contribution is -0.132. The van der Waals surface area contributed by atoms with Gasteiger partial charge in [0, 0.05) is 14.4 Å². The van der Waals surface area contributed by atoms with E-state index in [0.717, 1.165) is 0 Å². The first kappa shape index (κ1) is 15.9. The van der Waals surface area contributed by atoms with Gasteiger partial charge in [-0.1, -0.05) is 51.9 Å². The molecular weight excluding hydrogens is 192 g/mol. The molecule has 0 aliphatic heterocycles. The van der Waals surface area contributed by atoms with Crippen LogP contribution in [0.25, 0.3) is 0 Å². The summed E-state index contributed by atoms with van der Waals surface area (Å²) in [6.07, 6.45) is 4.31. The summed E-state index contributed by atoms with van der Waals surface area (Å²) < 4.78 is 0. The van der Waals surface area contributed by atoms with Crippen LogP contribution in [0.1, 0.15) is 33.1 Å². The first-order valence-corrected chi connectivity index (χ1v) is 8.43. The van der Waals surface area contributed by atoms with E-state index in [1.165, 1.54) is 26.2 Å². The number of carbonyl (C=O) groups is 1. The maximum absolute atomic E-state index is 9.60. The summed E-state index contributed by atoms with van der Waals surface area (Å²) >= 11 is 0. The second-order valence-corrected chi connectivity index (χ2v) is 7.34. The van der Waals surface area contributed by atoms with E-state index < -0.39 is 5.97 Å². The standard InChI is InChI=1S/C7H18Si.C4H6O2/c1-4-5-6-7-8(2)3;1-3(2)4(5)6/h8H,4-7H2,1-3H3;1H2,2H3,(H,5,6). The van der Waals surface area contributed by atoms with Crippen LogP contribution in [0.4, 0.5) is 0 Å². The molecule has 1 N–H and O–H groups in total. The Morgan fingerprint density at radius 1 is 1.36 bits per heavy atom. The molecule has 0 spiro atoms. The molecule has 0 heterocycles. The van der Waals surface area contributed by atoms with E-state index in [0.29, 0.717) is 0 Å². The molecule has 0 aliphatic rings. The average Bonchev–Trinajstić information content (AvgIpc) is 2.05. The minimum absolute atomic E-state index is 0.176. The van der Waals surface area contributed by atoms with Crippen LogP contribution >= 0.6 is 0 Å². The first-order chi connectivity index (χ1) is 6.41. The third-order valence-electron chi connectivity index (χ3n) is 1.75. The summed E-state index contributed by atoms with van der Waals surface area (Å²) in [5.74, 6) is -0.935. The highest BCUT2D eigenvalue weighted by Gasteiger charge is 1.92. The number of unbranched alkanes of at least 4 members (excludes halogenated alkanes) is 2. The average molecular weight is 216 g/mol. The molecule has 0 aliphatic carbocycles. The fourth-order valence-electron chi connectivity index (χ4n) is 0.803. The van der Waals surface area contributed by atoms with Gasteiger partial charge in [0.25, 0.3) is 0 Å². The van der Waals surface area contributed by atoms with E-state index in [9.17, 15) is 4.79 Å². The van der Waals surface area contributed by atoms with Gasteiger partial charge in [0.1, 0.15) is 0 Å². The van der Waals surface area contributed by atoms with Crippen LogP contribution in [0.3, 0.4) is 0 Å². The Labute approximate surface area is 89.6 Å². The van der Waals surface area contributed by atoms with E-state index in [4.69, 9.17) is 5.11 Å². The van der Waals surface area contributed by atoms with E-state index in [1.807, 2.05) is 0 Å². The number of hydrogen-bond acceptors (Lipinski definition) is 1.